The van der Waals surface area contributed by atoms with Crippen LogP contribution in [-0.4, -0.2) is 11.2 Å². The molecule has 0 aromatic rings. The normalized spacial score (nSPS) is 7.40. The van der Waals surface area contributed by atoms with E-state index in [4.69, 9.17) is 11.6 Å². The summed E-state index contributed by atoms with van der Waals surface area (Å²) in [6.07, 6.45) is 0.844. The molecule has 0 atom stereocenters. The zero-order chi connectivity index (χ0) is 4.12. The van der Waals surface area contributed by atoms with Crippen molar-refractivity contribution in [3.8, 4) is 0 Å². The van der Waals surface area contributed by atoms with Gasteiger partial charge in [-0.15, -0.1) is 11.6 Å². The summed E-state index contributed by atoms with van der Waals surface area (Å²) in [6, 6.07) is 0. The van der Waals surface area contributed by atoms with Crippen molar-refractivity contribution in [2.24, 2.45) is 0 Å². The van der Waals surface area contributed by atoms with Crippen LogP contribution in [-0.2, 0) is 0 Å². The van der Waals surface area contributed by atoms with E-state index < -0.39 is 0 Å². The van der Waals surface area contributed by atoms with E-state index in [9.17, 15) is 0 Å². The molecule has 0 aromatic heterocycles. The van der Waals surface area contributed by atoms with Gasteiger partial charge in [-0.3, -0.25) is 0 Å². The Morgan fingerprint density at radius 3 is 2.40 bits per heavy atom. The van der Waals surface area contributed by atoms with E-state index in [1.807, 2.05) is 0 Å². The van der Waals surface area contributed by atoms with Crippen LogP contribution in [0.3, 0.4) is 0 Å². The van der Waals surface area contributed by atoms with Gasteiger partial charge >= 0.3 is 0 Å². The lowest BCUT2D eigenvalue weighted by atomic mass is 10.6. The van der Waals surface area contributed by atoms with E-state index in [0.717, 1.165) is 6.42 Å². The standard InChI is InChI=1S/C3H5ClS/c4-2-1-3-5/h3H,1-2H2. The Morgan fingerprint density at radius 1 is 1.80 bits per heavy atom. The fourth-order valence-corrected chi connectivity index (χ4v) is 0.401. The maximum atomic E-state index is 5.20. The molecule has 0 aliphatic rings. The van der Waals surface area contributed by atoms with Crippen molar-refractivity contribution in [3.63, 3.8) is 0 Å². The molecule has 0 unspecified atom stereocenters. The zero-order valence-corrected chi connectivity index (χ0v) is 4.35. The van der Waals surface area contributed by atoms with E-state index in [-0.39, 0.29) is 0 Å². The van der Waals surface area contributed by atoms with Gasteiger partial charge in [0, 0.05) is 5.88 Å². The molecule has 0 bridgehead atoms. The predicted octanol–water partition coefficient (Wildman–Crippen LogP) is 1.61. The predicted molar refractivity (Wildman–Crippen MR) is 29.0 cm³/mol. The van der Waals surface area contributed by atoms with Gasteiger partial charge in [0.2, 0.25) is 0 Å². The minimum Gasteiger partial charge on any atom is -0.126 e. The van der Waals surface area contributed by atoms with Gasteiger partial charge in [0.1, 0.15) is 0 Å². The van der Waals surface area contributed by atoms with Crippen LogP contribution in [0, 0.1) is 0 Å². The highest BCUT2D eigenvalue weighted by molar-refractivity contribution is 7.78. The summed E-state index contributed by atoms with van der Waals surface area (Å²) in [5.74, 6) is 0.656. The molecule has 0 aliphatic carbocycles. The summed E-state index contributed by atoms with van der Waals surface area (Å²) in [6.45, 7) is 0. The topological polar surface area (TPSA) is 0 Å². The molecule has 0 saturated heterocycles. The summed E-state index contributed by atoms with van der Waals surface area (Å²) in [5.41, 5.74) is 0. The van der Waals surface area contributed by atoms with Crippen LogP contribution >= 0.6 is 23.8 Å². The lowest BCUT2D eigenvalue weighted by molar-refractivity contribution is 1.36. The number of alkyl halides is 1. The van der Waals surface area contributed by atoms with Gasteiger partial charge in [-0.2, -0.15) is 0 Å². The number of hydrogen-bond donors (Lipinski definition) is 0. The van der Waals surface area contributed by atoms with E-state index >= 15 is 0 Å². The summed E-state index contributed by atoms with van der Waals surface area (Å²) in [4.78, 5) is 0. The molecule has 0 radical (unpaired) electrons. The first-order valence-electron chi connectivity index (χ1n) is 1.41. The van der Waals surface area contributed by atoms with Gasteiger partial charge in [-0.05, 0) is 11.8 Å². The van der Waals surface area contributed by atoms with Gasteiger partial charge in [-0.25, -0.2) is 0 Å². The third-order valence-electron chi connectivity index (χ3n) is 0.227. The molecule has 0 saturated carbocycles. The van der Waals surface area contributed by atoms with Gasteiger partial charge in [0.25, 0.3) is 0 Å². The van der Waals surface area contributed by atoms with Crippen LogP contribution in [0.4, 0.5) is 0 Å². The first-order valence-corrected chi connectivity index (χ1v) is 2.42. The molecule has 0 aromatic carbocycles. The molecular weight excluding hydrogens is 104 g/mol. The largest absolute Gasteiger partial charge is 0.126 e. The Labute approximate surface area is 42.1 Å². The molecule has 0 amide bonds. The smallest absolute Gasteiger partial charge is 0.0266 e. The van der Waals surface area contributed by atoms with Crippen molar-refractivity contribution in [2.45, 2.75) is 6.42 Å². The maximum absolute atomic E-state index is 5.20. The van der Waals surface area contributed by atoms with E-state index in [2.05, 4.69) is 12.2 Å². The van der Waals surface area contributed by atoms with Crippen LogP contribution in [0.5, 0.6) is 0 Å². The second kappa shape index (κ2) is 4.38. The summed E-state index contributed by atoms with van der Waals surface area (Å²) < 4.78 is 0. The Morgan fingerprint density at radius 2 is 2.40 bits per heavy atom. The Kier molecular flexibility index (Phi) is 4.71. The minimum absolute atomic E-state index is 0.656. The summed E-state index contributed by atoms with van der Waals surface area (Å²) in [5, 5.41) is 1.63. The molecule has 0 aliphatic heterocycles. The third-order valence-corrected chi connectivity index (χ3v) is 0.681. The second-order valence-corrected chi connectivity index (χ2v) is 1.36. The Bertz CT molecular complexity index is 28.1. The average molecular weight is 109 g/mol. The second-order valence-electron chi connectivity index (χ2n) is 0.644. The quantitative estimate of drug-likeness (QED) is 0.383. The molecule has 2 heteroatoms. The summed E-state index contributed by atoms with van der Waals surface area (Å²) in [7, 11) is 0. The van der Waals surface area contributed by atoms with Crippen molar-refractivity contribution in [2.75, 3.05) is 5.88 Å². The number of hydrogen-bond acceptors (Lipinski definition) is 1. The monoisotopic (exact) mass is 108 g/mol. The molecule has 0 fully saturated rings. The van der Waals surface area contributed by atoms with Gasteiger partial charge in [0.05, 0.1) is 0 Å². The maximum Gasteiger partial charge on any atom is 0.0266 e. The van der Waals surface area contributed by atoms with Crippen LogP contribution in [0.2, 0.25) is 0 Å². The number of rotatable bonds is 2. The first-order chi connectivity index (χ1) is 2.41. The van der Waals surface area contributed by atoms with Gasteiger partial charge in [-0.1, -0.05) is 12.2 Å². The fraction of sp³-hybridized carbons (Fsp3) is 0.667. The van der Waals surface area contributed by atoms with Crippen molar-refractivity contribution < 1.29 is 0 Å². The molecule has 30 valence electrons. The zero-order valence-electron chi connectivity index (χ0n) is 2.78. The van der Waals surface area contributed by atoms with Crippen molar-refractivity contribution in [3.05, 3.63) is 0 Å². The molecule has 5 heavy (non-hydrogen) atoms. The highest BCUT2D eigenvalue weighted by atomic mass is 35.5. The average Bonchev–Trinajstić information content (AvgIpc) is 1.41. The molecular formula is C3H5ClS. The molecule has 0 spiro atoms. The number of halogens is 1. The van der Waals surface area contributed by atoms with Crippen molar-refractivity contribution in [1.82, 2.24) is 0 Å². The summed E-state index contributed by atoms with van der Waals surface area (Å²) >= 11 is 9.65. The Hall–Kier alpha value is 0.380. The van der Waals surface area contributed by atoms with Gasteiger partial charge < -0.3 is 0 Å². The SMILES string of the molecule is S=CCCCl. The van der Waals surface area contributed by atoms with Crippen molar-refractivity contribution in [1.29, 1.82) is 0 Å². The van der Waals surface area contributed by atoms with E-state index in [1.165, 1.54) is 0 Å². The fourth-order valence-electron chi connectivity index (χ4n) is 0.0445. The molecule has 0 heterocycles. The highest BCUT2D eigenvalue weighted by Crippen LogP contribution is 1.76. The third kappa shape index (κ3) is 4.38. The van der Waals surface area contributed by atoms with E-state index in [0.29, 0.717) is 5.88 Å². The minimum atomic E-state index is 0.656. The van der Waals surface area contributed by atoms with Crippen LogP contribution in [0.15, 0.2) is 0 Å². The highest BCUT2D eigenvalue weighted by Gasteiger charge is 1.65. The number of thiocarbonyl (C=S) groups is 1. The van der Waals surface area contributed by atoms with Crippen LogP contribution in [0.25, 0.3) is 0 Å². The molecule has 0 N–H and O–H groups in total. The van der Waals surface area contributed by atoms with E-state index in [1.54, 1.807) is 5.37 Å². The van der Waals surface area contributed by atoms with Crippen LogP contribution < -0.4 is 0 Å². The van der Waals surface area contributed by atoms with Gasteiger partial charge in [0.15, 0.2) is 0 Å². The Balaban J connectivity index is 2.40. The molecule has 0 rings (SSSR count). The van der Waals surface area contributed by atoms with Crippen molar-refractivity contribution >= 4 is 29.2 Å². The molecule has 0 nitrogen and oxygen atoms in total. The lowest BCUT2D eigenvalue weighted by Gasteiger charge is -1.68. The lowest BCUT2D eigenvalue weighted by Crippen LogP contribution is -1.67. The first kappa shape index (κ1) is 5.38. The van der Waals surface area contributed by atoms with Crippen LogP contribution in [0.1, 0.15) is 6.42 Å².